The topological polar surface area (TPSA) is 32.6 Å². The summed E-state index contributed by atoms with van der Waals surface area (Å²) in [6, 6.07) is -0.147. The summed E-state index contributed by atoms with van der Waals surface area (Å²) < 4.78 is 12.0. The van der Waals surface area contributed by atoms with E-state index in [1.165, 1.54) is 6.08 Å². The maximum Gasteiger partial charge on any atom is 0.0873 e. The number of hydrogen-bond donors (Lipinski definition) is 1. The lowest BCUT2D eigenvalue weighted by atomic mass is 10.1. The third kappa shape index (κ3) is 5.96. The van der Waals surface area contributed by atoms with Crippen LogP contribution in [-0.4, -0.2) is 24.0 Å². The minimum atomic E-state index is -0.147. The van der Waals surface area contributed by atoms with E-state index in [-0.39, 0.29) is 18.6 Å². The Morgan fingerprint density at radius 2 is 2.20 bits per heavy atom. The first kappa shape index (κ1) is 13.8. The first-order valence-electron chi connectivity index (χ1n) is 4.89. The molecule has 0 saturated heterocycles. The second-order valence-electron chi connectivity index (χ2n) is 3.47. The van der Waals surface area contributed by atoms with Crippen LogP contribution in [0.1, 0.15) is 13.8 Å². The van der Waals surface area contributed by atoms with E-state index >= 15 is 0 Å². The lowest BCUT2D eigenvalue weighted by Gasteiger charge is -2.12. The van der Waals surface area contributed by atoms with Gasteiger partial charge in [0.2, 0.25) is 0 Å². The van der Waals surface area contributed by atoms with E-state index in [0.717, 1.165) is 0 Å². The summed E-state index contributed by atoms with van der Waals surface area (Å²) in [5.74, 6) is 0.255. The first-order chi connectivity index (χ1) is 7.15. The number of allylic oxidation sites excluding steroid dienone is 4. The highest BCUT2D eigenvalue weighted by Gasteiger charge is 2.08. The Bertz CT molecular complexity index is 267. The summed E-state index contributed by atoms with van der Waals surface area (Å²) in [5, 5.41) is 9.02. The SMILES string of the molecule is C=C/C=C(C=N[C@H](CO)C(C)C)\C=C\F. The van der Waals surface area contributed by atoms with Gasteiger partial charge in [0.1, 0.15) is 0 Å². The monoisotopic (exact) mass is 211 g/mol. The maximum absolute atomic E-state index is 12.0. The van der Waals surface area contributed by atoms with Crippen molar-refractivity contribution in [3.05, 3.63) is 36.7 Å². The van der Waals surface area contributed by atoms with E-state index in [9.17, 15) is 4.39 Å². The average molecular weight is 211 g/mol. The molecule has 0 aliphatic carbocycles. The molecule has 0 fully saturated rings. The lowest BCUT2D eigenvalue weighted by Crippen LogP contribution is -2.17. The van der Waals surface area contributed by atoms with Crippen LogP contribution in [0.3, 0.4) is 0 Å². The van der Waals surface area contributed by atoms with Gasteiger partial charge < -0.3 is 5.11 Å². The highest BCUT2D eigenvalue weighted by atomic mass is 19.1. The molecule has 1 N–H and O–H groups in total. The number of aliphatic imine (C=N–C) groups is 1. The van der Waals surface area contributed by atoms with Crippen molar-refractivity contribution in [2.24, 2.45) is 10.9 Å². The largest absolute Gasteiger partial charge is 0.394 e. The van der Waals surface area contributed by atoms with Crippen LogP contribution in [0.25, 0.3) is 0 Å². The fraction of sp³-hybridized carbons (Fsp3) is 0.417. The van der Waals surface area contributed by atoms with Crippen molar-refractivity contribution in [2.75, 3.05) is 6.61 Å². The van der Waals surface area contributed by atoms with Crippen LogP contribution < -0.4 is 0 Å². The molecule has 0 aliphatic heterocycles. The Morgan fingerprint density at radius 3 is 2.60 bits per heavy atom. The van der Waals surface area contributed by atoms with E-state index in [0.29, 0.717) is 11.9 Å². The summed E-state index contributed by atoms with van der Waals surface area (Å²) in [5.41, 5.74) is 0.617. The maximum atomic E-state index is 12.0. The summed E-state index contributed by atoms with van der Waals surface area (Å²) in [4.78, 5) is 4.17. The van der Waals surface area contributed by atoms with Crippen LogP contribution in [0.5, 0.6) is 0 Å². The predicted octanol–water partition coefficient (Wildman–Crippen LogP) is 2.67. The molecule has 3 heteroatoms. The highest BCUT2D eigenvalue weighted by Crippen LogP contribution is 2.06. The Balaban J connectivity index is 4.57. The number of aliphatic hydroxyl groups is 1. The fourth-order valence-corrected chi connectivity index (χ4v) is 0.962. The molecule has 0 aromatic heterocycles. The molecule has 0 aliphatic rings. The zero-order chi connectivity index (χ0) is 11.7. The Labute approximate surface area is 90.5 Å². The number of aliphatic hydroxyl groups excluding tert-OH is 1. The molecule has 0 saturated carbocycles. The molecular weight excluding hydrogens is 193 g/mol. The standard InChI is InChI=1S/C12H18FNO/c1-4-5-11(6-7-13)8-14-12(9-15)10(2)3/h4-8,10,12,15H,1,9H2,2-3H3/b7-6+,11-5+,14-8?/t12-/m1/s1. The van der Waals surface area contributed by atoms with Gasteiger partial charge in [-0.3, -0.25) is 4.99 Å². The molecule has 0 aromatic carbocycles. The molecule has 0 aromatic rings. The van der Waals surface area contributed by atoms with Gasteiger partial charge in [0.05, 0.1) is 19.0 Å². The number of rotatable bonds is 6. The minimum Gasteiger partial charge on any atom is -0.394 e. The van der Waals surface area contributed by atoms with Crippen molar-refractivity contribution in [2.45, 2.75) is 19.9 Å². The molecule has 0 radical (unpaired) electrons. The van der Waals surface area contributed by atoms with Crippen molar-refractivity contribution >= 4 is 6.21 Å². The Morgan fingerprint density at radius 1 is 1.53 bits per heavy atom. The second kappa shape index (κ2) is 8.12. The predicted molar refractivity (Wildman–Crippen MR) is 62.7 cm³/mol. The zero-order valence-corrected chi connectivity index (χ0v) is 9.23. The van der Waals surface area contributed by atoms with E-state index in [1.807, 2.05) is 13.8 Å². The van der Waals surface area contributed by atoms with Crippen LogP contribution in [0, 0.1) is 5.92 Å². The Kier molecular flexibility index (Phi) is 7.46. The van der Waals surface area contributed by atoms with Crippen LogP contribution in [0.15, 0.2) is 41.7 Å². The molecule has 0 spiro atoms. The van der Waals surface area contributed by atoms with E-state index in [4.69, 9.17) is 5.11 Å². The number of nitrogens with zero attached hydrogens (tertiary/aromatic N) is 1. The first-order valence-corrected chi connectivity index (χ1v) is 4.89. The number of halogens is 1. The van der Waals surface area contributed by atoms with E-state index < -0.39 is 0 Å². The molecular formula is C12H18FNO. The molecule has 84 valence electrons. The average Bonchev–Trinajstić information content (AvgIpc) is 2.18. The molecule has 0 amide bonds. The molecule has 0 heterocycles. The normalized spacial score (nSPS) is 15.4. The smallest absolute Gasteiger partial charge is 0.0873 e. The van der Waals surface area contributed by atoms with Crippen molar-refractivity contribution in [3.8, 4) is 0 Å². The second-order valence-corrected chi connectivity index (χ2v) is 3.47. The molecule has 15 heavy (non-hydrogen) atoms. The third-order valence-corrected chi connectivity index (χ3v) is 1.94. The van der Waals surface area contributed by atoms with Gasteiger partial charge in [-0.1, -0.05) is 32.6 Å². The third-order valence-electron chi connectivity index (χ3n) is 1.94. The van der Waals surface area contributed by atoms with Crippen LogP contribution in [0.2, 0.25) is 0 Å². The zero-order valence-electron chi connectivity index (χ0n) is 9.23. The van der Waals surface area contributed by atoms with Gasteiger partial charge in [-0.2, -0.15) is 0 Å². The van der Waals surface area contributed by atoms with E-state index in [2.05, 4.69) is 11.6 Å². The van der Waals surface area contributed by atoms with Crippen LogP contribution in [-0.2, 0) is 0 Å². The molecule has 2 nitrogen and oxygen atoms in total. The van der Waals surface area contributed by atoms with Gasteiger partial charge in [-0.25, -0.2) is 4.39 Å². The minimum absolute atomic E-state index is 0.00508. The highest BCUT2D eigenvalue weighted by molar-refractivity contribution is 5.82. The van der Waals surface area contributed by atoms with Crippen molar-refractivity contribution < 1.29 is 9.50 Å². The van der Waals surface area contributed by atoms with Crippen molar-refractivity contribution in [1.82, 2.24) is 0 Å². The Hall–Kier alpha value is -1.22. The summed E-state index contributed by atoms with van der Waals surface area (Å²) in [6.45, 7) is 7.46. The van der Waals surface area contributed by atoms with Gasteiger partial charge >= 0.3 is 0 Å². The molecule has 1 atom stereocenters. The van der Waals surface area contributed by atoms with Crippen LogP contribution in [0.4, 0.5) is 4.39 Å². The van der Waals surface area contributed by atoms with Gasteiger partial charge in [-0.15, -0.1) is 0 Å². The van der Waals surface area contributed by atoms with E-state index in [1.54, 1.807) is 18.4 Å². The summed E-state index contributed by atoms with van der Waals surface area (Å²) >= 11 is 0. The van der Waals surface area contributed by atoms with Crippen LogP contribution >= 0.6 is 0 Å². The van der Waals surface area contributed by atoms with Gasteiger partial charge in [-0.05, 0) is 17.6 Å². The lowest BCUT2D eigenvalue weighted by molar-refractivity contribution is 0.240. The summed E-state index contributed by atoms with van der Waals surface area (Å²) in [7, 11) is 0. The van der Waals surface area contributed by atoms with Gasteiger partial charge in [0.15, 0.2) is 0 Å². The van der Waals surface area contributed by atoms with Crippen molar-refractivity contribution in [3.63, 3.8) is 0 Å². The molecule has 0 bridgehead atoms. The van der Waals surface area contributed by atoms with Crippen molar-refractivity contribution in [1.29, 1.82) is 0 Å². The summed E-state index contributed by atoms with van der Waals surface area (Å²) in [6.07, 6.45) is 6.49. The molecule has 0 rings (SSSR count). The quantitative estimate of drug-likeness (QED) is 0.531. The van der Waals surface area contributed by atoms with Gasteiger partial charge in [0.25, 0.3) is 0 Å². The van der Waals surface area contributed by atoms with Gasteiger partial charge in [0, 0.05) is 6.21 Å². The number of hydrogen-bond acceptors (Lipinski definition) is 2. The molecule has 0 unspecified atom stereocenters. The fourth-order valence-electron chi connectivity index (χ4n) is 0.962.